The van der Waals surface area contributed by atoms with Gasteiger partial charge in [-0.05, 0) is 39.5 Å². The van der Waals surface area contributed by atoms with Crippen LogP contribution < -0.4 is 0 Å². The molecule has 0 bridgehead atoms. The molecule has 0 aromatic rings. The van der Waals surface area contributed by atoms with Crippen molar-refractivity contribution in [2.24, 2.45) is 0 Å². The maximum Gasteiger partial charge on any atom is 0.156 e. The summed E-state index contributed by atoms with van der Waals surface area (Å²) in [6.07, 6.45) is 4.25. The molecule has 64 valence electrons. The summed E-state index contributed by atoms with van der Waals surface area (Å²) < 4.78 is 0. The molecule has 0 unspecified atom stereocenters. The zero-order valence-electron chi connectivity index (χ0n) is 7.74. The number of hydrogen-bond acceptors (Lipinski definition) is 1. The predicted molar refractivity (Wildman–Crippen MR) is 49.6 cm³/mol. The molecule has 0 amide bonds. The van der Waals surface area contributed by atoms with Crippen molar-refractivity contribution in [2.75, 3.05) is 0 Å². The Morgan fingerprint density at radius 3 is 2.58 bits per heavy atom. The van der Waals surface area contributed by atoms with Gasteiger partial charge in [-0.25, -0.2) is 0 Å². The molecule has 12 heavy (non-hydrogen) atoms. The van der Waals surface area contributed by atoms with Gasteiger partial charge in [0.1, 0.15) is 0 Å². The normalized spacial score (nSPS) is 16.8. The van der Waals surface area contributed by atoms with Gasteiger partial charge in [-0.2, -0.15) is 0 Å². The Morgan fingerprint density at radius 1 is 1.33 bits per heavy atom. The number of carbonyl (C=O) groups excluding carboxylic acids is 1. The molecule has 1 nitrogen and oxygen atoms in total. The molecule has 0 atom stereocenters. The first-order valence-electron chi connectivity index (χ1n) is 4.41. The molecule has 0 saturated carbocycles. The van der Waals surface area contributed by atoms with Crippen LogP contribution in [0, 0.1) is 11.8 Å². The lowest BCUT2D eigenvalue weighted by atomic mass is 9.90. The number of Topliss-reactive ketones (excluding diaryl/α,β-unsaturated/α-hetero) is 1. The van der Waals surface area contributed by atoms with Gasteiger partial charge in [0, 0.05) is 11.1 Å². The van der Waals surface area contributed by atoms with Gasteiger partial charge >= 0.3 is 0 Å². The van der Waals surface area contributed by atoms with Crippen LogP contribution in [0.3, 0.4) is 0 Å². The van der Waals surface area contributed by atoms with E-state index in [4.69, 9.17) is 0 Å². The highest BCUT2D eigenvalue weighted by Gasteiger charge is 2.13. The summed E-state index contributed by atoms with van der Waals surface area (Å²) in [4.78, 5) is 11.2. The van der Waals surface area contributed by atoms with Crippen molar-refractivity contribution in [3.8, 4) is 11.8 Å². The van der Waals surface area contributed by atoms with Crippen LogP contribution in [0.25, 0.3) is 0 Å². The van der Waals surface area contributed by atoms with Crippen LogP contribution in [-0.2, 0) is 4.79 Å². The fourth-order valence-electron chi connectivity index (χ4n) is 1.58. The summed E-state index contributed by atoms with van der Waals surface area (Å²) in [6, 6.07) is 0. The number of allylic oxidation sites excluding steroid dienone is 2. The van der Waals surface area contributed by atoms with Crippen LogP contribution in [0.4, 0.5) is 0 Å². The molecular formula is C11H14O. The third kappa shape index (κ3) is 1.98. The van der Waals surface area contributed by atoms with Crippen molar-refractivity contribution in [1.82, 2.24) is 0 Å². The fraction of sp³-hybridized carbons (Fsp3) is 0.545. The van der Waals surface area contributed by atoms with Gasteiger partial charge in [0.2, 0.25) is 0 Å². The zero-order chi connectivity index (χ0) is 8.97. The average molecular weight is 162 g/mol. The van der Waals surface area contributed by atoms with Crippen LogP contribution in [0.15, 0.2) is 11.1 Å². The molecule has 0 spiro atoms. The first-order valence-corrected chi connectivity index (χ1v) is 4.41. The Hall–Kier alpha value is -1.03. The van der Waals surface area contributed by atoms with Gasteiger partial charge < -0.3 is 0 Å². The van der Waals surface area contributed by atoms with Crippen molar-refractivity contribution < 1.29 is 4.79 Å². The molecule has 0 aromatic carbocycles. The lowest BCUT2D eigenvalue weighted by Gasteiger charge is -2.13. The second-order valence-electron chi connectivity index (χ2n) is 3.10. The Kier molecular flexibility index (Phi) is 3.10. The molecule has 0 N–H and O–H groups in total. The molecular weight excluding hydrogens is 148 g/mol. The minimum Gasteiger partial charge on any atom is -0.295 e. The van der Waals surface area contributed by atoms with Gasteiger partial charge in [0.25, 0.3) is 0 Å². The molecule has 1 rings (SSSR count). The molecule has 0 fully saturated rings. The molecule has 1 heteroatoms. The van der Waals surface area contributed by atoms with E-state index in [-0.39, 0.29) is 5.78 Å². The summed E-state index contributed by atoms with van der Waals surface area (Å²) in [5, 5.41) is 0. The van der Waals surface area contributed by atoms with E-state index >= 15 is 0 Å². The molecule has 0 aliphatic heterocycles. The quantitative estimate of drug-likeness (QED) is 0.541. The van der Waals surface area contributed by atoms with Gasteiger partial charge in [-0.1, -0.05) is 5.92 Å². The molecule has 1 aliphatic carbocycles. The standard InChI is InChI=1S/C11H14O/c1-3-6-10-7-4-5-8-11(10)9(2)12/h4-5,7-8H2,1-2H3. The van der Waals surface area contributed by atoms with Crippen LogP contribution in [0.1, 0.15) is 39.5 Å². The van der Waals surface area contributed by atoms with Gasteiger partial charge in [-0.3, -0.25) is 4.79 Å². The monoisotopic (exact) mass is 162 g/mol. The first kappa shape index (κ1) is 9.06. The Labute approximate surface area is 73.9 Å². The largest absolute Gasteiger partial charge is 0.295 e. The number of ketones is 1. The van der Waals surface area contributed by atoms with Gasteiger partial charge in [0.15, 0.2) is 5.78 Å². The smallest absolute Gasteiger partial charge is 0.156 e. The van der Waals surface area contributed by atoms with E-state index in [1.807, 2.05) is 6.92 Å². The third-order valence-corrected chi connectivity index (χ3v) is 2.17. The second kappa shape index (κ2) is 4.11. The Morgan fingerprint density at radius 2 is 2.00 bits per heavy atom. The molecule has 0 aromatic heterocycles. The molecule has 1 aliphatic rings. The van der Waals surface area contributed by atoms with E-state index in [9.17, 15) is 4.79 Å². The van der Waals surface area contributed by atoms with E-state index in [2.05, 4.69) is 11.8 Å². The molecule has 0 radical (unpaired) electrons. The maximum absolute atomic E-state index is 11.2. The van der Waals surface area contributed by atoms with E-state index in [0.717, 1.165) is 30.4 Å². The lowest BCUT2D eigenvalue weighted by Crippen LogP contribution is -2.05. The number of hydrogen-bond donors (Lipinski definition) is 0. The minimum atomic E-state index is 0.201. The highest BCUT2D eigenvalue weighted by atomic mass is 16.1. The van der Waals surface area contributed by atoms with E-state index in [1.54, 1.807) is 6.92 Å². The van der Waals surface area contributed by atoms with E-state index in [0.29, 0.717) is 0 Å². The minimum absolute atomic E-state index is 0.201. The lowest BCUT2D eigenvalue weighted by molar-refractivity contribution is -0.113. The van der Waals surface area contributed by atoms with Gasteiger partial charge in [-0.15, -0.1) is 5.92 Å². The second-order valence-corrected chi connectivity index (χ2v) is 3.10. The zero-order valence-corrected chi connectivity index (χ0v) is 7.74. The molecule has 0 saturated heterocycles. The summed E-state index contributed by atoms with van der Waals surface area (Å²) in [5.41, 5.74) is 2.05. The Balaban J connectivity index is 2.96. The average Bonchev–Trinajstić information content (AvgIpc) is 2.05. The van der Waals surface area contributed by atoms with Crippen molar-refractivity contribution in [3.63, 3.8) is 0 Å². The van der Waals surface area contributed by atoms with Crippen LogP contribution in [0.5, 0.6) is 0 Å². The highest BCUT2D eigenvalue weighted by Crippen LogP contribution is 2.24. The molecule has 0 heterocycles. The topological polar surface area (TPSA) is 17.1 Å². The van der Waals surface area contributed by atoms with Gasteiger partial charge in [0.05, 0.1) is 0 Å². The summed E-state index contributed by atoms with van der Waals surface area (Å²) in [6.45, 7) is 3.46. The van der Waals surface area contributed by atoms with Crippen LogP contribution >= 0.6 is 0 Å². The SMILES string of the molecule is CC#CC1=C(C(C)=O)CCCC1. The van der Waals surface area contributed by atoms with Crippen molar-refractivity contribution in [2.45, 2.75) is 39.5 Å². The van der Waals surface area contributed by atoms with Crippen molar-refractivity contribution >= 4 is 5.78 Å². The van der Waals surface area contributed by atoms with Crippen molar-refractivity contribution in [1.29, 1.82) is 0 Å². The summed E-state index contributed by atoms with van der Waals surface area (Å²) in [5.74, 6) is 6.09. The van der Waals surface area contributed by atoms with E-state index < -0.39 is 0 Å². The number of carbonyl (C=O) groups is 1. The maximum atomic E-state index is 11.2. The number of rotatable bonds is 1. The summed E-state index contributed by atoms with van der Waals surface area (Å²) >= 11 is 0. The predicted octanol–water partition coefficient (Wildman–Crippen LogP) is 2.47. The van der Waals surface area contributed by atoms with Crippen molar-refractivity contribution in [3.05, 3.63) is 11.1 Å². The Bertz CT molecular complexity index is 273. The van der Waals surface area contributed by atoms with E-state index in [1.165, 1.54) is 6.42 Å². The third-order valence-electron chi connectivity index (χ3n) is 2.17. The highest BCUT2D eigenvalue weighted by molar-refractivity contribution is 5.95. The summed E-state index contributed by atoms with van der Waals surface area (Å²) in [7, 11) is 0. The first-order chi connectivity index (χ1) is 5.75. The van der Waals surface area contributed by atoms with Crippen LogP contribution in [0.2, 0.25) is 0 Å². The van der Waals surface area contributed by atoms with Crippen LogP contribution in [-0.4, -0.2) is 5.78 Å². The fourth-order valence-corrected chi connectivity index (χ4v) is 1.58.